The van der Waals surface area contributed by atoms with Crippen molar-refractivity contribution in [3.05, 3.63) is 82.4 Å². The molecule has 2 heterocycles. The molecule has 0 saturated carbocycles. The van der Waals surface area contributed by atoms with Gasteiger partial charge in [-0.25, -0.2) is 13.9 Å². The minimum atomic E-state index is -0.697. The summed E-state index contributed by atoms with van der Waals surface area (Å²) in [5.41, 5.74) is 2.07. The van der Waals surface area contributed by atoms with Crippen molar-refractivity contribution >= 4 is 29.2 Å². The Bertz CT molecular complexity index is 1050. The van der Waals surface area contributed by atoms with E-state index in [2.05, 4.69) is 15.4 Å². The lowest BCUT2D eigenvalue weighted by Crippen LogP contribution is -2.29. The summed E-state index contributed by atoms with van der Waals surface area (Å²) in [6, 6.07) is 12.3. The van der Waals surface area contributed by atoms with Gasteiger partial charge in [-0.3, -0.25) is 0 Å². The predicted molar refractivity (Wildman–Crippen MR) is 98.6 cm³/mol. The summed E-state index contributed by atoms with van der Waals surface area (Å²) in [6.07, 6.45) is 1.37. The summed E-state index contributed by atoms with van der Waals surface area (Å²) in [5.74, 6) is -0.533. The standard InChI is InChI=1S/C19H14ClFN4O2/c1-27-18(26)15-16(11-5-7-13(20)8-6-11)24-19-22-10-23-25(19)17(15)12-3-2-4-14(21)9-12/h2-10,17H,1H3,(H,22,23,24)/t17-/m1/s1. The summed E-state index contributed by atoms with van der Waals surface area (Å²) in [7, 11) is 1.30. The average Bonchev–Trinajstić information content (AvgIpc) is 3.15. The van der Waals surface area contributed by atoms with Gasteiger partial charge in [0.05, 0.1) is 18.4 Å². The molecule has 4 rings (SSSR count). The molecular formula is C19H14ClFN4O2. The van der Waals surface area contributed by atoms with E-state index in [4.69, 9.17) is 16.3 Å². The first kappa shape index (κ1) is 17.2. The van der Waals surface area contributed by atoms with Crippen LogP contribution in [-0.4, -0.2) is 27.8 Å². The van der Waals surface area contributed by atoms with E-state index in [9.17, 15) is 9.18 Å². The number of methoxy groups -OCH3 is 1. The summed E-state index contributed by atoms with van der Waals surface area (Å²) >= 11 is 5.99. The van der Waals surface area contributed by atoms with Crippen molar-refractivity contribution in [3.8, 4) is 0 Å². The summed E-state index contributed by atoms with van der Waals surface area (Å²) < 4.78 is 20.4. The second-order valence-electron chi connectivity index (χ2n) is 5.90. The maximum Gasteiger partial charge on any atom is 0.338 e. The normalized spacial score (nSPS) is 15.9. The Kier molecular flexibility index (Phi) is 4.37. The fraction of sp³-hybridized carbons (Fsp3) is 0.105. The lowest BCUT2D eigenvalue weighted by atomic mass is 9.93. The lowest BCUT2D eigenvalue weighted by Gasteiger charge is -2.29. The average molecular weight is 385 g/mol. The molecule has 0 unspecified atom stereocenters. The highest BCUT2D eigenvalue weighted by Gasteiger charge is 2.36. The van der Waals surface area contributed by atoms with Crippen molar-refractivity contribution in [2.75, 3.05) is 12.4 Å². The van der Waals surface area contributed by atoms with Crippen molar-refractivity contribution < 1.29 is 13.9 Å². The van der Waals surface area contributed by atoms with Gasteiger partial charge in [0, 0.05) is 5.02 Å². The molecule has 1 aromatic heterocycles. The fourth-order valence-corrected chi connectivity index (χ4v) is 3.25. The van der Waals surface area contributed by atoms with Crippen LogP contribution in [0.5, 0.6) is 0 Å². The molecule has 0 radical (unpaired) electrons. The van der Waals surface area contributed by atoms with Crippen LogP contribution in [0.1, 0.15) is 17.2 Å². The van der Waals surface area contributed by atoms with Gasteiger partial charge in [-0.2, -0.15) is 10.1 Å². The molecule has 0 amide bonds. The van der Waals surface area contributed by atoms with Crippen molar-refractivity contribution in [1.29, 1.82) is 0 Å². The van der Waals surface area contributed by atoms with E-state index >= 15 is 0 Å². The minimum absolute atomic E-state index is 0.295. The topological polar surface area (TPSA) is 69.0 Å². The molecule has 1 aliphatic heterocycles. The Morgan fingerprint density at radius 1 is 1.26 bits per heavy atom. The fourth-order valence-electron chi connectivity index (χ4n) is 3.12. The van der Waals surface area contributed by atoms with Crippen LogP contribution in [0, 0.1) is 5.82 Å². The molecule has 1 aliphatic rings. The van der Waals surface area contributed by atoms with E-state index < -0.39 is 17.8 Å². The number of fused-ring (bicyclic) bond motifs is 1. The predicted octanol–water partition coefficient (Wildman–Crippen LogP) is 3.67. The van der Waals surface area contributed by atoms with Gasteiger partial charge in [-0.05, 0) is 35.4 Å². The van der Waals surface area contributed by atoms with Crippen molar-refractivity contribution in [1.82, 2.24) is 14.8 Å². The Balaban J connectivity index is 1.98. The lowest BCUT2D eigenvalue weighted by molar-refractivity contribution is -0.136. The van der Waals surface area contributed by atoms with Gasteiger partial charge >= 0.3 is 5.97 Å². The number of rotatable bonds is 3. The Labute approximate surface area is 159 Å². The molecule has 0 spiro atoms. The highest BCUT2D eigenvalue weighted by atomic mass is 35.5. The van der Waals surface area contributed by atoms with E-state index in [1.165, 1.54) is 30.3 Å². The smallest absolute Gasteiger partial charge is 0.338 e. The van der Waals surface area contributed by atoms with Crippen LogP contribution >= 0.6 is 11.6 Å². The first-order chi connectivity index (χ1) is 13.1. The number of halogens is 2. The Morgan fingerprint density at radius 2 is 2.04 bits per heavy atom. The SMILES string of the molecule is COC(=O)C1=C(c2ccc(Cl)cc2)Nc2ncnn2[C@@H]1c1cccc(F)c1. The second kappa shape index (κ2) is 6.85. The summed E-state index contributed by atoms with van der Waals surface area (Å²) in [4.78, 5) is 16.9. The molecular weight excluding hydrogens is 371 g/mol. The van der Waals surface area contributed by atoms with Crippen LogP contribution < -0.4 is 5.32 Å². The quantitative estimate of drug-likeness (QED) is 0.698. The maximum atomic E-state index is 13.9. The van der Waals surface area contributed by atoms with Gasteiger partial charge in [0.15, 0.2) is 0 Å². The first-order valence-electron chi connectivity index (χ1n) is 8.09. The molecule has 27 heavy (non-hydrogen) atoms. The van der Waals surface area contributed by atoms with Crippen LogP contribution in [0.15, 0.2) is 60.4 Å². The Hall–Kier alpha value is -3.19. The second-order valence-corrected chi connectivity index (χ2v) is 6.33. The molecule has 0 bridgehead atoms. The number of nitrogens with zero attached hydrogens (tertiary/aromatic N) is 3. The zero-order valence-corrected chi connectivity index (χ0v) is 14.9. The van der Waals surface area contributed by atoms with Crippen molar-refractivity contribution in [2.24, 2.45) is 0 Å². The molecule has 0 aliphatic carbocycles. The molecule has 0 saturated heterocycles. The summed E-state index contributed by atoms with van der Waals surface area (Å²) in [5, 5.41) is 7.90. The van der Waals surface area contributed by atoms with E-state index in [1.54, 1.807) is 36.4 Å². The molecule has 2 aromatic carbocycles. The van der Waals surface area contributed by atoms with Crippen LogP contribution in [0.4, 0.5) is 10.3 Å². The number of benzene rings is 2. The van der Waals surface area contributed by atoms with Crippen LogP contribution in [0.25, 0.3) is 5.70 Å². The third kappa shape index (κ3) is 3.06. The monoisotopic (exact) mass is 384 g/mol. The molecule has 0 fully saturated rings. The van der Waals surface area contributed by atoms with Gasteiger partial charge in [0.25, 0.3) is 0 Å². The zero-order valence-electron chi connectivity index (χ0n) is 14.2. The molecule has 6 nitrogen and oxygen atoms in total. The number of nitrogens with one attached hydrogen (secondary N) is 1. The van der Waals surface area contributed by atoms with Crippen LogP contribution in [0.2, 0.25) is 5.02 Å². The molecule has 8 heteroatoms. The van der Waals surface area contributed by atoms with E-state index in [-0.39, 0.29) is 0 Å². The number of anilines is 1. The first-order valence-corrected chi connectivity index (χ1v) is 8.46. The molecule has 136 valence electrons. The Morgan fingerprint density at radius 3 is 2.74 bits per heavy atom. The molecule has 3 aromatic rings. The number of ether oxygens (including phenoxy) is 1. The molecule has 1 atom stereocenters. The van der Waals surface area contributed by atoms with Crippen molar-refractivity contribution in [2.45, 2.75) is 6.04 Å². The number of aromatic nitrogens is 3. The number of hydrogen-bond donors (Lipinski definition) is 1. The maximum absolute atomic E-state index is 13.9. The number of hydrogen-bond acceptors (Lipinski definition) is 5. The highest BCUT2D eigenvalue weighted by molar-refractivity contribution is 6.30. The zero-order chi connectivity index (χ0) is 19.0. The minimum Gasteiger partial charge on any atom is -0.466 e. The van der Waals surface area contributed by atoms with Gasteiger partial charge in [-0.15, -0.1) is 0 Å². The van der Waals surface area contributed by atoms with Gasteiger partial charge < -0.3 is 10.1 Å². The van der Waals surface area contributed by atoms with Gasteiger partial charge in [-0.1, -0.05) is 35.9 Å². The third-order valence-corrected chi connectivity index (χ3v) is 4.55. The van der Waals surface area contributed by atoms with E-state index in [1.807, 2.05) is 0 Å². The van der Waals surface area contributed by atoms with Gasteiger partial charge in [0.1, 0.15) is 18.2 Å². The summed E-state index contributed by atoms with van der Waals surface area (Å²) in [6.45, 7) is 0. The number of carbonyl (C=O) groups excluding carboxylic acids is 1. The van der Waals surface area contributed by atoms with Crippen LogP contribution in [0.3, 0.4) is 0 Å². The number of carbonyl (C=O) groups is 1. The molecule has 1 N–H and O–H groups in total. The van der Waals surface area contributed by atoms with Crippen LogP contribution in [-0.2, 0) is 9.53 Å². The van der Waals surface area contributed by atoms with Gasteiger partial charge in [0.2, 0.25) is 5.95 Å². The third-order valence-electron chi connectivity index (χ3n) is 4.30. The largest absolute Gasteiger partial charge is 0.466 e. The number of esters is 1. The van der Waals surface area contributed by atoms with Crippen molar-refractivity contribution in [3.63, 3.8) is 0 Å². The van der Waals surface area contributed by atoms with E-state index in [0.29, 0.717) is 27.8 Å². The highest BCUT2D eigenvalue weighted by Crippen LogP contribution is 2.39. The van der Waals surface area contributed by atoms with E-state index in [0.717, 1.165) is 5.56 Å².